The second-order valence-corrected chi connectivity index (χ2v) is 9.31. The SMILES string of the molecule is c1ccc(-c2cc3c4cccc5c4n4c6c7c(ccc6c(c2)c34)-c2ccccc2B57)cc1. The molecule has 144 valence electrons. The number of fused-ring (bicyclic) bond motifs is 6. The van der Waals surface area contributed by atoms with E-state index in [-0.39, 0.29) is 0 Å². The summed E-state index contributed by atoms with van der Waals surface area (Å²) in [7, 11) is 0. The first-order valence-corrected chi connectivity index (χ1v) is 11.3. The third-order valence-corrected chi connectivity index (χ3v) is 7.91. The van der Waals surface area contributed by atoms with Crippen LogP contribution < -0.4 is 16.4 Å². The summed E-state index contributed by atoms with van der Waals surface area (Å²) >= 11 is 0. The van der Waals surface area contributed by atoms with Crippen molar-refractivity contribution in [1.29, 1.82) is 0 Å². The van der Waals surface area contributed by atoms with Crippen molar-refractivity contribution in [3.63, 3.8) is 0 Å². The molecule has 0 atom stereocenters. The number of para-hydroxylation sites is 1. The van der Waals surface area contributed by atoms with E-state index >= 15 is 0 Å². The molecule has 5 aromatic carbocycles. The van der Waals surface area contributed by atoms with E-state index in [4.69, 9.17) is 0 Å². The zero-order chi connectivity index (χ0) is 20.6. The average Bonchev–Trinajstić information content (AvgIpc) is 3.49. The fourth-order valence-corrected chi connectivity index (χ4v) is 6.75. The van der Waals surface area contributed by atoms with Crippen LogP contribution in [-0.4, -0.2) is 11.1 Å². The van der Waals surface area contributed by atoms with Crippen LogP contribution in [0.3, 0.4) is 0 Å². The summed E-state index contributed by atoms with van der Waals surface area (Å²) in [6.45, 7) is 0.333. The molecule has 0 radical (unpaired) electrons. The zero-order valence-electron chi connectivity index (χ0n) is 17.3. The van der Waals surface area contributed by atoms with Crippen molar-refractivity contribution in [2.45, 2.75) is 0 Å². The molecule has 2 aliphatic heterocycles. The van der Waals surface area contributed by atoms with E-state index in [2.05, 4.69) is 101 Å². The Morgan fingerprint density at radius 3 is 2.09 bits per heavy atom. The fourth-order valence-electron chi connectivity index (χ4n) is 6.75. The van der Waals surface area contributed by atoms with Crippen molar-refractivity contribution in [1.82, 2.24) is 4.40 Å². The van der Waals surface area contributed by atoms with Crippen molar-refractivity contribution in [2.24, 2.45) is 0 Å². The third kappa shape index (κ3) is 1.56. The minimum atomic E-state index is 0.333. The molecule has 0 amide bonds. The van der Waals surface area contributed by atoms with Crippen LogP contribution in [0.5, 0.6) is 0 Å². The van der Waals surface area contributed by atoms with E-state index in [0.717, 1.165) is 0 Å². The van der Waals surface area contributed by atoms with Gasteiger partial charge in [-0.1, -0.05) is 90.4 Å². The van der Waals surface area contributed by atoms with Gasteiger partial charge >= 0.3 is 0 Å². The Labute approximate surface area is 184 Å². The van der Waals surface area contributed by atoms with Crippen molar-refractivity contribution in [3.05, 3.63) is 97.1 Å². The molecule has 2 aliphatic rings. The number of rotatable bonds is 1. The predicted molar refractivity (Wildman–Crippen MR) is 137 cm³/mol. The Hall–Kier alpha value is -4.04. The Bertz CT molecular complexity index is 1930. The maximum atomic E-state index is 2.58. The van der Waals surface area contributed by atoms with E-state index in [1.807, 2.05) is 0 Å². The lowest BCUT2D eigenvalue weighted by atomic mass is 9.38. The van der Waals surface area contributed by atoms with Gasteiger partial charge in [-0.25, -0.2) is 0 Å². The molecule has 2 heteroatoms. The van der Waals surface area contributed by atoms with Crippen LogP contribution in [0.4, 0.5) is 0 Å². The van der Waals surface area contributed by atoms with Crippen molar-refractivity contribution in [2.75, 3.05) is 0 Å². The van der Waals surface area contributed by atoms with Crippen LogP contribution in [0.15, 0.2) is 97.1 Å². The predicted octanol–water partition coefficient (Wildman–Crippen LogP) is 5.31. The molecule has 32 heavy (non-hydrogen) atoms. The fraction of sp³-hybridized carbons (Fsp3) is 0. The summed E-state index contributed by atoms with van der Waals surface area (Å²) in [5, 5.41) is 5.51. The smallest absolute Gasteiger partial charge is 0.248 e. The topological polar surface area (TPSA) is 4.41 Å². The van der Waals surface area contributed by atoms with Gasteiger partial charge in [-0.2, -0.15) is 0 Å². The quantitative estimate of drug-likeness (QED) is 0.328. The molecule has 2 aromatic heterocycles. The Kier molecular flexibility index (Phi) is 2.48. The van der Waals surface area contributed by atoms with Gasteiger partial charge in [-0.15, -0.1) is 0 Å². The van der Waals surface area contributed by atoms with Gasteiger partial charge in [0.1, 0.15) is 0 Å². The third-order valence-electron chi connectivity index (χ3n) is 7.91. The van der Waals surface area contributed by atoms with Gasteiger partial charge in [-0.05, 0) is 45.3 Å². The minimum absolute atomic E-state index is 0.333. The number of hydrogen-bond acceptors (Lipinski definition) is 0. The normalized spacial score (nSPS) is 13.6. The molecule has 0 N–H and O–H groups in total. The molecule has 0 spiro atoms. The van der Waals surface area contributed by atoms with Gasteiger partial charge in [0.25, 0.3) is 0 Å². The highest BCUT2D eigenvalue weighted by atomic mass is 14.9. The van der Waals surface area contributed by atoms with E-state index in [1.165, 1.54) is 76.7 Å². The van der Waals surface area contributed by atoms with Crippen molar-refractivity contribution >= 4 is 61.2 Å². The van der Waals surface area contributed by atoms with Crippen LogP contribution in [0.25, 0.3) is 60.3 Å². The zero-order valence-corrected chi connectivity index (χ0v) is 17.3. The largest absolute Gasteiger partial charge is 0.309 e. The first kappa shape index (κ1) is 15.7. The highest BCUT2D eigenvalue weighted by Gasteiger charge is 2.40. The molecule has 4 heterocycles. The Morgan fingerprint density at radius 1 is 0.469 bits per heavy atom. The second-order valence-electron chi connectivity index (χ2n) is 9.31. The van der Waals surface area contributed by atoms with Gasteiger partial charge in [0.2, 0.25) is 6.71 Å². The molecule has 1 nitrogen and oxygen atoms in total. The monoisotopic (exact) mass is 401 g/mol. The lowest BCUT2D eigenvalue weighted by Crippen LogP contribution is -2.51. The van der Waals surface area contributed by atoms with Crippen LogP contribution >= 0.6 is 0 Å². The summed E-state index contributed by atoms with van der Waals surface area (Å²) in [4.78, 5) is 0. The van der Waals surface area contributed by atoms with Crippen LogP contribution in [0, 0.1) is 0 Å². The van der Waals surface area contributed by atoms with Crippen molar-refractivity contribution < 1.29 is 0 Å². The Morgan fingerprint density at radius 2 is 1.22 bits per heavy atom. The number of aromatic nitrogens is 1. The molecule has 0 aliphatic carbocycles. The molecule has 0 saturated carbocycles. The molecular formula is C30H16BN. The van der Waals surface area contributed by atoms with Gasteiger partial charge in [0.05, 0.1) is 11.0 Å². The molecular weight excluding hydrogens is 385 g/mol. The maximum absolute atomic E-state index is 2.58. The minimum Gasteiger partial charge on any atom is -0.309 e. The summed E-state index contributed by atoms with van der Waals surface area (Å²) in [5.74, 6) is 0. The number of benzene rings is 5. The molecule has 7 aromatic rings. The number of nitrogens with zero attached hydrogens (tertiary/aromatic N) is 1. The van der Waals surface area contributed by atoms with E-state index in [1.54, 1.807) is 0 Å². The summed E-state index contributed by atoms with van der Waals surface area (Å²) in [6, 6.07) is 36.3. The first-order valence-electron chi connectivity index (χ1n) is 11.3. The van der Waals surface area contributed by atoms with Crippen molar-refractivity contribution in [3.8, 4) is 22.3 Å². The van der Waals surface area contributed by atoms with Gasteiger partial charge in [-0.3, -0.25) is 0 Å². The van der Waals surface area contributed by atoms with Gasteiger partial charge < -0.3 is 4.40 Å². The molecule has 0 bridgehead atoms. The number of hydrogen-bond donors (Lipinski definition) is 0. The lowest BCUT2D eigenvalue weighted by molar-refractivity contribution is 1.38. The van der Waals surface area contributed by atoms with Gasteiger partial charge in [0.15, 0.2) is 0 Å². The lowest BCUT2D eigenvalue weighted by Gasteiger charge is -2.19. The summed E-state index contributed by atoms with van der Waals surface area (Å²) < 4.78 is 2.58. The molecule has 0 saturated heterocycles. The van der Waals surface area contributed by atoms with E-state index < -0.39 is 0 Å². The molecule has 0 unspecified atom stereocenters. The molecule has 0 fully saturated rings. The van der Waals surface area contributed by atoms with Crippen LogP contribution in [0.2, 0.25) is 0 Å². The first-order chi connectivity index (χ1) is 15.9. The van der Waals surface area contributed by atoms with Crippen LogP contribution in [0.1, 0.15) is 0 Å². The molecule has 9 rings (SSSR count). The standard InChI is InChI=1S/C30H16BN/c1-2-7-17(8-3-1)18-15-23-21-10-6-12-26-29(21)32-28(23)24(16-18)22-14-13-20-19-9-4-5-11-25(19)31(26)27(20)30(22)32/h1-16H. The highest BCUT2D eigenvalue weighted by Crippen LogP contribution is 2.44. The van der Waals surface area contributed by atoms with Gasteiger partial charge in [0, 0.05) is 27.1 Å². The van der Waals surface area contributed by atoms with E-state index in [0.29, 0.717) is 6.71 Å². The van der Waals surface area contributed by atoms with Crippen LogP contribution in [-0.2, 0) is 0 Å². The maximum Gasteiger partial charge on any atom is 0.248 e. The highest BCUT2D eigenvalue weighted by molar-refractivity contribution is 7.02. The summed E-state index contributed by atoms with van der Waals surface area (Å²) in [6.07, 6.45) is 0. The summed E-state index contributed by atoms with van der Waals surface area (Å²) in [5.41, 5.74) is 14.0. The average molecular weight is 401 g/mol. The second kappa shape index (κ2) is 5.06. The van der Waals surface area contributed by atoms with E-state index in [9.17, 15) is 0 Å². The Balaban J connectivity index is 1.58.